The zero-order valence-electron chi connectivity index (χ0n) is 11.2. The van der Waals surface area contributed by atoms with Gasteiger partial charge in [0.05, 0.1) is 13.0 Å². The molecule has 0 unspecified atom stereocenters. The highest BCUT2D eigenvalue weighted by atomic mass is 16.5. The molecule has 1 atom stereocenters. The van der Waals surface area contributed by atoms with Crippen LogP contribution in [-0.4, -0.2) is 13.1 Å². The number of hydrogen-bond acceptors (Lipinski definition) is 2. The minimum Gasteiger partial charge on any atom is -0.469 e. The number of carbonyl (C=O) groups is 1. The van der Waals surface area contributed by atoms with E-state index in [0.717, 1.165) is 18.4 Å². The minimum absolute atomic E-state index is 0.138. The predicted molar refractivity (Wildman–Crippen MR) is 69.9 cm³/mol. The molecule has 0 radical (unpaired) electrons. The van der Waals surface area contributed by atoms with Crippen molar-refractivity contribution in [1.29, 1.82) is 0 Å². The van der Waals surface area contributed by atoms with E-state index in [2.05, 4.69) is 20.8 Å². The SMILES string of the molecule is COC(=O)[C@H](CCC(C)(C)C)c1ccccc1. The van der Waals surface area contributed by atoms with E-state index in [1.54, 1.807) is 0 Å². The molecule has 0 fully saturated rings. The van der Waals surface area contributed by atoms with E-state index in [0.29, 0.717) is 0 Å². The van der Waals surface area contributed by atoms with E-state index in [4.69, 9.17) is 4.74 Å². The minimum atomic E-state index is -0.138. The maximum atomic E-state index is 11.8. The lowest BCUT2D eigenvalue weighted by molar-refractivity contribution is -0.142. The van der Waals surface area contributed by atoms with Crippen molar-refractivity contribution in [2.75, 3.05) is 7.11 Å². The summed E-state index contributed by atoms with van der Waals surface area (Å²) in [5.41, 5.74) is 1.28. The number of methoxy groups -OCH3 is 1. The highest BCUT2D eigenvalue weighted by molar-refractivity contribution is 5.77. The predicted octanol–water partition coefficient (Wildman–Crippen LogP) is 3.77. The third-order valence-electron chi connectivity index (χ3n) is 2.87. The van der Waals surface area contributed by atoms with Crippen molar-refractivity contribution in [3.05, 3.63) is 35.9 Å². The van der Waals surface area contributed by atoms with E-state index < -0.39 is 0 Å². The van der Waals surface area contributed by atoms with Crippen molar-refractivity contribution >= 4 is 5.97 Å². The molecule has 0 bridgehead atoms. The maximum Gasteiger partial charge on any atom is 0.313 e. The van der Waals surface area contributed by atoms with E-state index in [1.165, 1.54) is 7.11 Å². The molecule has 0 saturated heterocycles. The molecule has 1 rings (SSSR count). The fourth-order valence-electron chi connectivity index (χ4n) is 1.83. The average molecular weight is 234 g/mol. The van der Waals surface area contributed by atoms with Crippen LogP contribution in [0, 0.1) is 5.41 Å². The first-order valence-electron chi connectivity index (χ1n) is 6.07. The van der Waals surface area contributed by atoms with Gasteiger partial charge in [-0.25, -0.2) is 0 Å². The molecule has 0 aliphatic heterocycles. The zero-order valence-corrected chi connectivity index (χ0v) is 11.2. The summed E-state index contributed by atoms with van der Waals surface area (Å²) in [5.74, 6) is -0.277. The third-order valence-corrected chi connectivity index (χ3v) is 2.87. The van der Waals surface area contributed by atoms with Crippen LogP contribution in [-0.2, 0) is 9.53 Å². The molecule has 0 saturated carbocycles. The summed E-state index contributed by atoms with van der Waals surface area (Å²) >= 11 is 0. The van der Waals surface area contributed by atoms with Crippen molar-refractivity contribution < 1.29 is 9.53 Å². The van der Waals surface area contributed by atoms with Crippen molar-refractivity contribution in [2.24, 2.45) is 5.41 Å². The molecule has 17 heavy (non-hydrogen) atoms. The van der Waals surface area contributed by atoms with Crippen LogP contribution < -0.4 is 0 Å². The Labute approximate surface area is 104 Å². The fourth-order valence-corrected chi connectivity index (χ4v) is 1.83. The lowest BCUT2D eigenvalue weighted by Gasteiger charge is -2.22. The molecule has 1 aromatic carbocycles. The van der Waals surface area contributed by atoms with Gasteiger partial charge in [-0.3, -0.25) is 4.79 Å². The summed E-state index contributed by atoms with van der Waals surface area (Å²) in [5, 5.41) is 0. The third kappa shape index (κ3) is 4.59. The molecule has 0 amide bonds. The van der Waals surface area contributed by atoms with Gasteiger partial charge in [0.1, 0.15) is 0 Å². The lowest BCUT2D eigenvalue weighted by Crippen LogP contribution is -2.17. The quantitative estimate of drug-likeness (QED) is 0.741. The maximum absolute atomic E-state index is 11.8. The molecule has 1 aromatic rings. The van der Waals surface area contributed by atoms with Crippen molar-refractivity contribution in [3.8, 4) is 0 Å². The summed E-state index contributed by atoms with van der Waals surface area (Å²) in [7, 11) is 1.45. The fraction of sp³-hybridized carbons (Fsp3) is 0.533. The monoisotopic (exact) mass is 234 g/mol. The summed E-state index contributed by atoms with van der Waals surface area (Å²) < 4.78 is 4.89. The van der Waals surface area contributed by atoms with E-state index >= 15 is 0 Å². The van der Waals surface area contributed by atoms with Crippen LogP contribution in [0.5, 0.6) is 0 Å². The second kappa shape index (κ2) is 5.85. The van der Waals surface area contributed by atoms with Gasteiger partial charge in [-0.1, -0.05) is 51.1 Å². The van der Waals surface area contributed by atoms with E-state index in [-0.39, 0.29) is 17.3 Å². The van der Waals surface area contributed by atoms with Crippen LogP contribution in [0.15, 0.2) is 30.3 Å². The molecule has 0 aliphatic rings. The molecule has 0 N–H and O–H groups in total. The number of benzene rings is 1. The molecule has 0 spiro atoms. The van der Waals surface area contributed by atoms with Gasteiger partial charge in [-0.05, 0) is 23.8 Å². The Bertz CT molecular complexity index is 349. The van der Waals surface area contributed by atoms with E-state index in [1.807, 2.05) is 30.3 Å². The molecular weight excluding hydrogens is 212 g/mol. The molecule has 0 aromatic heterocycles. The Balaban J connectivity index is 2.79. The van der Waals surface area contributed by atoms with Crippen molar-refractivity contribution in [1.82, 2.24) is 0 Å². The Morgan fingerprint density at radius 1 is 1.24 bits per heavy atom. The lowest BCUT2D eigenvalue weighted by atomic mass is 9.84. The number of esters is 1. The first kappa shape index (κ1) is 13.8. The summed E-state index contributed by atoms with van der Waals surface area (Å²) in [6.45, 7) is 6.56. The largest absolute Gasteiger partial charge is 0.469 e. The van der Waals surface area contributed by atoms with Gasteiger partial charge >= 0.3 is 5.97 Å². The summed E-state index contributed by atoms with van der Waals surface area (Å²) in [6, 6.07) is 9.86. The van der Waals surface area contributed by atoms with Gasteiger partial charge in [0, 0.05) is 0 Å². The van der Waals surface area contributed by atoms with Gasteiger partial charge in [-0.15, -0.1) is 0 Å². The Morgan fingerprint density at radius 2 is 1.82 bits per heavy atom. The van der Waals surface area contributed by atoms with Gasteiger partial charge in [0.15, 0.2) is 0 Å². The second-order valence-corrected chi connectivity index (χ2v) is 5.59. The first-order valence-corrected chi connectivity index (χ1v) is 6.07. The highest BCUT2D eigenvalue weighted by Crippen LogP contribution is 2.29. The zero-order chi connectivity index (χ0) is 12.9. The molecule has 2 nitrogen and oxygen atoms in total. The Kier molecular flexibility index (Phi) is 4.73. The highest BCUT2D eigenvalue weighted by Gasteiger charge is 2.23. The van der Waals surface area contributed by atoms with Crippen LogP contribution in [0.25, 0.3) is 0 Å². The number of carbonyl (C=O) groups excluding carboxylic acids is 1. The number of hydrogen-bond donors (Lipinski definition) is 0. The van der Waals surface area contributed by atoms with Crippen molar-refractivity contribution in [2.45, 2.75) is 39.5 Å². The van der Waals surface area contributed by atoms with Gasteiger partial charge < -0.3 is 4.74 Å². The molecule has 2 heteroatoms. The van der Waals surface area contributed by atoms with Crippen LogP contribution in [0.4, 0.5) is 0 Å². The molecule has 0 heterocycles. The standard InChI is InChI=1S/C15H22O2/c1-15(2,3)11-10-13(14(16)17-4)12-8-6-5-7-9-12/h5-9,13H,10-11H2,1-4H3/t13-/m1/s1. The molecule has 0 aliphatic carbocycles. The molecular formula is C15H22O2. The summed E-state index contributed by atoms with van der Waals surface area (Å²) in [4.78, 5) is 11.8. The first-order chi connectivity index (χ1) is 7.94. The van der Waals surface area contributed by atoms with Gasteiger partial charge in [0.2, 0.25) is 0 Å². The van der Waals surface area contributed by atoms with E-state index in [9.17, 15) is 4.79 Å². The second-order valence-electron chi connectivity index (χ2n) is 5.59. The topological polar surface area (TPSA) is 26.3 Å². The van der Waals surface area contributed by atoms with Crippen LogP contribution in [0.2, 0.25) is 0 Å². The number of rotatable bonds is 4. The Hall–Kier alpha value is -1.31. The smallest absolute Gasteiger partial charge is 0.313 e. The number of ether oxygens (including phenoxy) is 1. The summed E-state index contributed by atoms with van der Waals surface area (Å²) in [6.07, 6.45) is 1.84. The van der Waals surface area contributed by atoms with Gasteiger partial charge in [-0.2, -0.15) is 0 Å². The van der Waals surface area contributed by atoms with Crippen LogP contribution in [0.1, 0.15) is 45.1 Å². The normalized spacial score (nSPS) is 13.2. The Morgan fingerprint density at radius 3 is 2.29 bits per heavy atom. The van der Waals surface area contributed by atoms with Crippen LogP contribution >= 0.6 is 0 Å². The molecule has 94 valence electrons. The average Bonchev–Trinajstić information content (AvgIpc) is 2.29. The van der Waals surface area contributed by atoms with Crippen LogP contribution in [0.3, 0.4) is 0 Å². The van der Waals surface area contributed by atoms with Crippen molar-refractivity contribution in [3.63, 3.8) is 0 Å². The van der Waals surface area contributed by atoms with Gasteiger partial charge in [0.25, 0.3) is 0 Å².